The van der Waals surface area contributed by atoms with Crippen molar-refractivity contribution in [2.24, 2.45) is 0 Å². The van der Waals surface area contributed by atoms with Gasteiger partial charge in [-0.2, -0.15) is 0 Å². The van der Waals surface area contributed by atoms with Crippen LogP contribution in [0.2, 0.25) is 0 Å². The molecular weight excluding hydrogens is 292 g/mol. The fourth-order valence-corrected chi connectivity index (χ4v) is 2.25. The average Bonchev–Trinajstić information content (AvgIpc) is 2.57. The molecule has 0 radical (unpaired) electrons. The first-order valence-electron chi connectivity index (χ1n) is 8.05. The monoisotopic (exact) mass is 316 g/mol. The molecule has 23 heavy (non-hydrogen) atoms. The lowest BCUT2D eigenvalue weighted by Gasteiger charge is -2.06. The lowest BCUT2D eigenvalue weighted by atomic mass is 10.1. The minimum Gasteiger partial charge on any atom is -0.497 e. The maximum Gasteiger partial charge on any atom is 0.274 e. The van der Waals surface area contributed by atoms with Crippen molar-refractivity contribution in [1.82, 2.24) is 15.2 Å². The highest BCUT2D eigenvalue weighted by Gasteiger charge is 2.06. The molecule has 1 heterocycles. The van der Waals surface area contributed by atoms with Crippen LogP contribution >= 0.6 is 0 Å². The quantitative estimate of drug-likeness (QED) is 0.695. The van der Waals surface area contributed by atoms with Crippen molar-refractivity contribution in [3.05, 3.63) is 45.9 Å². The van der Waals surface area contributed by atoms with Crippen LogP contribution in [0, 0.1) is 0 Å². The fraction of sp³-hybridized carbons (Fsp3) is 0.471. The van der Waals surface area contributed by atoms with Crippen molar-refractivity contribution >= 4 is 5.95 Å². The Hall–Kier alpha value is -2.37. The summed E-state index contributed by atoms with van der Waals surface area (Å²) in [5.74, 6) is 1.22. The minimum atomic E-state index is -0.202. The zero-order valence-corrected chi connectivity index (χ0v) is 13.8. The topological polar surface area (TPSA) is 79.9 Å². The first-order valence-corrected chi connectivity index (χ1v) is 8.05. The van der Waals surface area contributed by atoms with E-state index in [4.69, 9.17) is 4.74 Å². The molecule has 0 atom stereocenters. The van der Waals surface area contributed by atoms with Crippen LogP contribution in [-0.4, -0.2) is 28.8 Å². The van der Waals surface area contributed by atoms with Gasteiger partial charge < -0.3 is 10.1 Å². The molecule has 2 aromatic rings. The molecule has 0 aliphatic heterocycles. The first kappa shape index (κ1) is 17.0. The number of unbranched alkanes of at least 4 members (excludes halogenated alkanes) is 3. The summed E-state index contributed by atoms with van der Waals surface area (Å²) in [4.78, 5) is 14.8. The lowest BCUT2D eigenvalue weighted by molar-refractivity contribution is 0.414. The third-order valence-corrected chi connectivity index (χ3v) is 3.62. The summed E-state index contributed by atoms with van der Waals surface area (Å²) < 4.78 is 5.12. The number of aromatic nitrogens is 3. The van der Waals surface area contributed by atoms with E-state index in [1.54, 1.807) is 7.11 Å². The second-order valence-electron chi connectivity index (χ2n) is 5.46. The number of hydrogen-bond donors (Lipinski definition) is 2. The molecule has 0 bridgehead atoms. The molecule has 6 nitrogen and oxygen atoms in total. The van der Waals surface area contributed by atoms with Gasteiger partial charge in [0.15, 0.2) is 0 Å². The molecule has 0 amide bonds. The van der Waals surface area contributed by atoms with Crippen molar-refractivity contribution in [2.45, 2.75) is 39.0 Å². The number of hydrogen-bond acceptors (Lipinski definition) is 5. The Balaban J connectivity index is 1.92. The van der Waals surface area contributed by atoms with Crippen molar-refractivity contribution in [3.63, 3.8) is 0 Å². The first-order chi connectivity index (χ1) is 11.2. The number of methoxy groups -OCH3 is 1. The third-order valence-electron chi connectivity index (χ3n) is 3.62. The molecule has 6 heteroatoms. The van der Waals surface area contributed by atoms with E-state index < -0.39 is 0 Å². The number of nitrogens with zero attached hydrogens (tertiary/aromatic N) is 2. The van der Waals surface area contributed by atoms with Crippen LogP contribution in [0.25, 0.3) is 0 Å². The van der Waals surface area contributed by atoms with E-state index in [0.717, 1.165) is 24.3 Å². The van der Waals surface area contributed by atoms with Gasteiger partial charge in [0.2, 0.25) is 5.95 Å². The molecule has 1 aromatic carbocycles. The van der Waals surface area contributed by atoms with Crippen molar-refractivity contribution in [2.75, 3.05) is 19.0 Å². The van der Waals surface area contributed by atoms with E-state index in [-0.39, 0.29) is 5.56 Å². The molecule has 0 aliphatic rings. The van der Waals surface area contributed by atoms with Gasteiger partial charge in [-0.05, 0) is 24.1 Å². The predicted molar refractivity (Wildman–Crippen MR) is 91.1 cm³/mol. The molecule has 2 N–H and O–H groups in total. The molecule has 0 saturated heterocycles. The second kappa shape index (κ2) is 8.92. The minimum absolute atomic E-state index is 0.202. The summed E-state index contributed by atoms with van der Waals surface area (Å²) in [6.45, 7) is 2.97. The smallest absolute Gasteiger partial charge is 0.274 e. The van der Waals surface area contributed by atoms with Gasteiger partial charge in [-0.1, -0.05) is 38.3 Å². The van der Waals surface area contributed by atoms with Crippen LogP contribution in [-0.2, 0) is 6.42 Å². The van der Waals surface area contributed by atoms with Crippen molar-refractivity contribution in [1.29, 1.82) is 0 Å². The molecule has 0 spiro atoms. The number of ether oxygens (including phenoxy) is 1. The predicted octanol–water partition coefficient (Wildman–Crippen LogP) is 2.76. The van der Waals surface area contributed by atoms with E-state index in [1.165, 1.54) is 19.3 Å². The zero-order chi connectivity index (χ0) is 16.5. The Kier molecular flexibility index (Phi) is 6.59. The standard InChI is InChI=1S/C17H24N4O2/c1-3-4-5-6-11-18-17-19-16(22)15(20-21-17)12-13-7-9-14(23-2)10-8-13/h7-10H,3-6,11-12H2,1-2H3,(H2,18,19,21,22). The molecule has 124 valence electrons. The van der Waals surface area contributed by atoms with Crippen molar-refractivity contribution in [3.8, 4) is 5.75 Å². The summed E-state index contributed by atoms with van der Waals surface area (Å²) in [7, 11) is 1.62. The van der Waals surface area contributed by atoms with Crippen LogP contribution in [0.4, 0.5) is 5.95 Å². The number of rotatable bonds is 9. The van der Waals surface area contributed by atoms with E-state index in [1.807, 2.05) is 24.3 Å². The van der Waals surface area contributed by atoms with Crippen molar-refractivity contribution < 1.29 is 4.74 Å². The van der Waals surface area contributed by atoms with Gasteiger partial charge in [0.05, 0.1) is 7.11 Å². The van der Waals surface area contributed by atoms with Gasteiger partial charge in [-0.15, -0.1) is 10.2 Å². The van der Waals surface area contributed by atoms with E-state index in [2.05, 4.69) is 27.4 Å². The Labute approximate surface area is 136 Å². The van der Waals surface area contributed by atoms with Gasteiger partial charge in [-0.25, -0.2) is 0 Å². The van der Waals surface area contributed by atoms with Crippen LogP contribution in [0.5, 0.6) is 5.75 Å². The maximum atomic E-state index is 12.1. The number of nitrogens with one attached hydrogen (secondary N) is 2. The van der Waals surface area contributed by atoms with Gasteiger partial charge in [0, 0.05) is 13.0 Å². The van der Waals surface area contributed by atoms with Crippen LogP contribution in [0.3, 0.4) is 0 Å². The summed E-state index contributed by atoms with van der Waals surface area (Å²) in [5, 5.41) is 11.2. The summed E-state index contributed by atoms with van der Waals surface area (Å²) in [6, 6.07) is 7.56. The van der Waals surface area contributed by atoms with E-state index in [9.17, 15) is 4.79 Å². The van der Waals surface area contributed by atoms with Crippen LogP contribution < -0.4 is 15.6 Å². The van der Waals surface area contributed by atoms with E-state index >= 15 is 0 Å². The Morgan fingerprint density at radius 1 is 1.13 bits per heavy atom. The van der Waals surface area contributed by atoms with E-state index in [0.29, 0.717) is 18.1 Å². The SMILES string of the molecule is CCCCCCNc1nnc(Cc2ccc(OC)cc2)c(=O)[nH]1. The highest BCUT2D eigenvalue weighted by Crippen LogP contribution is 2.12. The molecule has 0 aliphatic carbocycles. The molecule has 2 rings (SSSR count). The third kappa shape index (κ3) is 5.39. The molecular formula is C17H24N4O2. The van der Waals surface area contributed by atoms with Crippen LogP contribution in [0.1, 0.15) is 43.9 Å². The summed E-state index contributed by atoms with van der Waals surface area (Å²) in [6.07, 6.45) is 5.12. The molecule has 0 unspecified atom stereocenters. The van der Waals surface area contributed by atoms with Gasteiger partial charge in [0.25, 0.3) is 5.56 Å². The second-order valence-corrected chi connectivity index (χ2v) is 5.46. The largest absolute Gasteiger partial charge is 0.497 e. The Bertz CT molecular complexity index is 652. The highest BCUT2D eigenvalue weighted by molar-refractivity contribution is 5.30. The Morgan fingerprint density at radius 2 is 1.91 bits per heavy atom. The van der Waals surface area contributed by atoms with Gasteiger partial charge in [0.1, 0.15) is 11.4 Å². The zero-order valence-electron chi connectivity index (χ0n) is 13.8. The average molecular weight is 316 g/mol. The van der Waals surface area contributed by atoms with Gasteiger partial charge >= 0.3 is 0 Å². The fourth-order valence-electron chi connectivity index (χ4n) is 2.25. The van der Waals surface area contributed by atoms with Gasteiger partial charge in [-0.3, -0.25) is 9.78 Å². The molecule has 0 saturated carbocycles. The number of benzene rings is 1. The number of anilines is 1. The number of aromatic amines is 1. The maximum absolute atomic E-state index is 12.1. The Morgan fingerprint density at radius 3 is 2.57 bits per heavy atom. The summed E-state index contributed by atoms with van der Waals surface area (Å²) >= 11 is 0. The molecule has 0 fully saturated rings. The number of H-pyrrole nitrogens is 1. The van der Waals surface area contributed by atoms with Crippen LogP contribution in [0.15, 0.2) is 29.1 Å². The molecule has 1 aromatic heterocycles. The summed E-state index contributed by atoms with van der Waals surface area (Å²) in [5.41, 5.74) is 1.20. The normalized spacial score (nSPS) is 10.5. The highest BCUT2D eigenvalue weighted by atomic mass is 16.5. The lowest BCUT2D eigenvalue weighted by Crippen LogP contribution is -2.20.